The first-order chi connectivity index (χ1) is 6.16. The molecule has 13 heavy (non-hydrogen) atoms. The van der Waals surface area contributed by atoms with E-state index >= 15 is 0 Å². The fourth-order valence-electron chi connectivity index (χ4n) is 1.44. The van der Waals surface area contributed by atoms with Gasteiger partial charge in [0.25, 0.3) is 0 Å². The number of hydrogen-bond donors (Lipinski definition) is 2. The van der Waals surface area contributed by atoms with Crippen LogP contribution < -0.4 is 5.73 Å². The molecule has 72 valence electrons. The molecule has 1 unspecified atom stereocenters. The number of nitrogens with two attached hydrogens (primary N) is 1. The molecule has 1 aromatic heterocycles. The summed E-state index contributed by atoms with van der Waals surface area (Å²) in [7, 11) is 0. The summed E-state index contributed by atoms with van der Waals surface area (Å²) in [4.78, 5) is 0. The van der Waals surface area contributed by atoms with E-state index in [2.05, 4.69) is 10.2 Å². The summed E-state index contributed by atoms with van der Waals surface area (Å²) in [6.45, 7) is 1.71. The van der Waals surface area contributed by atoms with E-state index in [0.29, 0.717) is 17.0 Å². The minimum absolute atomic E-state index is 0.337. The number of aliphatic hydroxyl groups is 1. The zero-order chi connectivity index (χ0) is 9.42. The van der Waals surface area contributed by atoms with Crippen LogP contribution in [0.3, 0.4) is 0 Å². The summed E-state index contributed by atoms with van der Waals surface area (Å²) >= 11 is 1.50. The number of aliphatic hydroxyl groups excluding tert-OH is 1. The Bertz CT molecular complexity index is 293. The van der Waals surface area contributed by atoms with Gasteiger partial charge in [-0.05, 0) is 19.8 Å². The molecule has 1 aliphatic rings. The largest absolute Gasteiger partial charge is 0.386 e. The van der Waals surface area contributed by atoms with Crippen LogP contribution in [0.4, 0.5) is 0 Å². The minimum atomic E-state index is -0.500. The Kier molecular flexibility index (Phi) is 2.31. The van der Waals surface area contributed by atoms with Crippen molar-refractivity contribution in [2.24, 2.45) is 5.73 Å². The highest BCUT2D eigenvalue weighted by Crippen LogP contribution is 2.37. The minimum Gasteiger partial charge on any atom is -0.386 e. The topological polar surface area (TPSA) is 72.0 Å². The van der Waals surface area contributed by atoms with Gasteiger partial charge in [-0.3, -0.25) is 0 Å². The lowest BCUT2D eigenvalue weighted by Crippen LogP contribution is -2.34. The van der Waals surface area contributed by atoms with Gasteiger partial charge in [0.1, 0.15) is 16.1 Å². The molecule has 4 nitrogen and oxygen atoms in total. The summed E-state index contributed by atoms with van der Waals surface area (Å²) in [5, 5.41) is 18.9. The molecule has 0 aromatic carbocycles. The van der Waals surface area contributed by atoms with Crippen molar-refractivity contribution in [2.45, 2.75) is 37.8 Å². The average molecular weight is 199 g/mol. The molecular weight excluding hydrogens is 186 g/mol. The van der Waals surface area contributed by atoms with Crippen molar-refractivity contribution in [3.8, 4) is 0 Å². The molecule has 5 heteroatoms. The Morgan fingerprint density at radius 1 is 1.54 bits per heavy atom. The van der Waals surface area contributed by atoms with Gasteiger partial charge in [-0.2, -0.15) is 0 Å². The first-order valence-electron chi connectivity index (χ1n) is 4.43. The van der Waals surface area contributed by atoms with Crippen molar-refractivity contribution in [3.05, 3.63) is 10.0 Å². The molecular formula is C8H13N3OS. The number of rotatable bonds is 2. The van der Waals surface area contributed by atoms with Gasteiger partial charge in [-0.25, -0.2) is 0 Å². The molecule has 0 spiro atoms. The molecule has 2 rings (SSSR count). The number of aromatic nitrogens is 2. The molecule has 1 atom stereocenters. The van der Waals surface area contributed by atoms with Crippen molar-refractivity contribution in [2.75, 3.05) is 0 Å². The summed E-state index contributed by atoms with van der Waals surface area (Å²) < 4.78 is 0. The number of nitrogens with zero attached hydrogens (tertiary/aromatic N) is 2. The highest BCUT2D eigenvalue weighted by molar-refractivity contribution is 7.11. The van der Waals surface area contributed by atoms with Gasteiger partial charge in [0.2, 0.25) is 0 Å². The molecule has 1 aromatic rings. The van der Waals surface area contributed by atoms with Crippen LogP contribution in [-0.2, 0) is 0 Å². The van der Waals surface area contributed by atoms with E-state index in [4.69, 9.17) is 5.73 Å². The maximum Gasteiger partial charge on any atom is 0.145 e. The SMILES string of the molecule is CC(O)c1nnc([C@H]2C[C@@H](N)C2)s1. The second-order valence-corrected chi connectivity index (χ2v) is 4.62. The molecule has 0 radical (unpaired) electrons. The summed E-state index contributed by atoms with van der Waals surface area (Å²) in [5.74, 6) is 0.486. The normalized spacial score (nSPS) is 29.8. The monoisotopic (exact) mass is 199 g/mol. The fourth-order valence-corrected chi connectivity index (χ4v) is 2.35. The van der Waals surface area contributed by atoms with E-state index in [9.17, 15) is 5.11 Å². The predicted octanol–water partition coefficient (Wildman–Crippen LogP) is 0.796. The van der Waals surface area contributed by atoms with Crippen molar-refractivity contribution in [1.29, 1.82) is 0 Å². The summed E-state index contributed by atoms with van der Waals surface area (Å²) in [6, 6.07) is 0.337. The van der Waals surface area contributed by atoms with Crippen LogP contribution in [0.25, 0.3) is 0 Å². The lowest BCUT2D eigenvalue weighted by atomic mass is 9.81. The van der Waals surface area contributed by atoms with Crippen molar-refractivity contribution in [3.63, 3.8) is 0 Å². The Morgan fingerprint density at radius 2 is 2.23 bits per heavy atom. The molecule has 3 N–H and O–H groups in total. The number of hydrogen-bond acceptors (Lipinski definition) is 5. The van der Waals surface area contributed by atoms with E-state index in [0.717, 1.165) is 17.8 Å². The Labute approximate surface area is 80.8 Å². The van der Waals surface area contributed by atoms with E-state index < -0.39 is 6.10 Å². The Hall–Kier alpha value is -0.520. The van der Waals surface area contributed by atoms with Crippen molar-refractivity contribution >= 4 is 11.3 Å². The van der Waals surface area contributed by atoms with Gasteiger partial charge in [-0.1, -0.05) is 11.3 Å². The molecule has 0 saturated heterocycles. The summed E-state index contributed by atoms with van der Waals surface area (Å²) in [5.41, 5.74) is 5.68. The standard InChI is InChI=1S/C8H13N3OS/c1-4(12)7-10-11-8(13-7)5-2-6(9)3-5/h4-6,12H,2-3,9H2,1H3/t4?,5-,6+. The molecule has 0 aliphatic heterocycles. The molecule has 1 heterocycles. The second-order valence-electron chi connectivity index (χ2n) is 3.58. The van der Waals surface area contributed by atoms with Crippen LogP contribution in [0.1, 0.15) is 41.8 Å². The van der Waals surface area contributed by atoms with E-state index in [1.807, 2.05) is 0 Å². The molecule has 0 bridgehead atoms. The predicted molar refractivity (Wildman–Crippen MR) is 50.5 cm³/mol. The lowest BCUT2D eigenvalue weighted by Gasteiger charge is -2.30. The zero-order valence-electron chi connectivity index (χ0n) is 7.47. The molecule has 1 fully saturated rings. The van der Waals surface area contributed by atoms with E-state index in [1.165, 1.54) is 11.3 Å². The van der Waals surface area contributed by atoms with Gasteiger partial charge in [0.15, 0.2) is 0 Å². The van der Waals surface area contributed by atoms with Crippen LogP contribution in [0, 0.1) is 0 Å². The highest BCUT2D eigenvalue weighted by Gasteiger charge is 2.30. The first-order valence-corrected chi connectivity index (χ1v) is 5.25. The van der Waals surface area contributed by atoms with Crippen LogP contribution in [0.5, 0.6) is 0 Å². The molecule has 0 amide bonds. The van der Waals surface area contributed by atoms with Gasteiger partial charge < -0.3 is 10.8 Å². The third-order valence-corrected chi connectivity index (χ3v) is 3.59. The third kappa shape index (κ3) is 1.72. The maximum absolute atomic E-state index is 9.24. The Morgan fingerprint density at radius 3 is 2.69 bits per heavy atom. The Balaban J connectivity index is 2.06. The highest BCUT2D eigenvalue weighted by atomic mass is 32.1. The van der Waals surface area contributed by atoms with Crippen LogP contribution in [0.2, 0.25) is 0 Å². The first kappa shape index (κ1) is 9.05. The van der Waals surface area contributed by atoms with Crippen molar-refractivity contribution in [1.82, 2.24) is 10.2 Å². The molecule has 1 aliphatic carbocycles. The second kappa shape index (κ2) is 3.32. The van der Waals surface area contributed by atoms with Gasteiger partial charge >= 0.3 is 0 Å². The van der Waals surface area contributed by atoms with Crippen LogP contribution in [-0.4, -0.2) is 21.3 Å². The zero-order valence-corrected chi connectivity index (χ0v) is 8.29. The third-order valence-electron chi connectivity index (χ3n) is 2.34. The van der Waals surface area contributed by atoms with Crippen LogP contribution >= 0.6 is 11.3 Å². The van der Waals surface area contributed by atoms with E-state index in [-0.39, 0.29) is 0 Å². The lowest BCUT2D eigenvalue weighted by molar-refractivity contribution is 0.198. The quantitative estimate of drug-likeness (QED) is 0.739. The maximum atomic E-state index is 9.24. The average Bonchev–Trinajstić information content (AvgIpc) is 2.46. The van der Waals surface area contributed by atoms with Gasteiger partial charge in [0.05, 0.1) is 0 Å². The van der Waals surface area contributed by atoms with Gasteiger partial charge in [0, 0.05) is 12.0 Å². The van der Waals surface area contributed by atoms with E-state index in [1.54, 1.807) is 6.92 Å². The van der Waals surface area contributed by atoms with Gasteiger partial charge in [-0.15, -0.1) is 10.2 Å². The fraction of sp³-hybridized carbons (Fsp3) is 0.750. The summed E-state index contributed by atoms with van der Waals surface area (Å²) in [6.07, 6.45) is 1.52. The van der Waals surface area contributed by atoms with Crippen molar-refractivity contribution < 1.29 is 5.11 Å². The van der Waals surface area contributed by atoms with Crippen LogP contribution in [0.15, 0.2) is 0 Å². The molecule has 1 saturated carbocycles. The smallest absolute Gasteiger partial charge is 0.145 e.